The maximum absolute atomic E-state index is 11.2. The van der Waals surface area contributed by atoms with E-state index in [1.807, 2.05) is 11.0 Å². The van der Waals surface area contributed by atoms with Gasteiger partial charge in [-0.15, -0.1) is 0 Å². The van der Waals surface area contributed by atoms with Crippen LogP contribution < -0.4 is 9.80 Å². The van der Waals surface area contributed by atoms with Gasteiger partial charge < -0.3 is 9.80 Å². The first kappa shape index (κ1) is 20.0. The van der Waals surface area contributed by atoms with E-state index in [1.54, 1.807) is 12.3 Å². The van der Waals surface area contributed by atoms with Gasteiger partial charge in [0.1, 0.15) is 0 Å². The number of piperidine rings is 1. The van der Waals surface area contributed by atoms with Crippen molar-refractivity contribution in [3.63, 3.8) is 0 Å². The Hall–Kier alpha value is -3.33. The van der Waals surface area contributed by atoms with Crippen molar-refractivity contribution < 1.29 is 4.92 Å². The summed E-state index contributed by atoms with van der Waals surface area (Å²) in [6.45, 7) is 5.85. The number of allylic oxidation sites excluding steroid dienone is 1. The molecule has 0 unspecified atom stereocenters. The molecule has 6 heteroatoms. The zero-order valence-electron chi connectivity index (χ0n) is 17.3. The predicted octanol–water partition coefficient (Wildman–Crippen LogP) is 4.48. The van der Waals surface area contributed by atoms with Crippen LogP contribution in [0.2, 0.25) is 0 Å². The zero-order valence-corrected chi connectivity index (χ0v) is 17.3. The summed E-state index contributed by atoms with van der Waals surface area (Å²) in [7, 11) is 0. The summed E-state index contributed by atoms with van der Waals surface area (Å²) in [6.07, 6.45) is 7.84. The van der Waals surface area contributed by atoms with Crippen molar-refractivity contribution in [3.05, 3.63) is 69.4 Å². The highest BCUT2D eigenvalue weighted by molar-refractivity contribution is 5.61. The number of nitrogens with zero attached hydrogens (tertiary/aromatic N) is 4. The summed E-state index contributed by atoms with van der Waals surface area (Å²) in [5.74, 6) is 7.02. The highest BCUT2D eigenvalue weighted by Crippen LogP contribution is 2.29. The van der Waals surface area contributed by atoms with Gasteiger partial charge in [0.2, 0.25) is 5.82 Å². The average molecular weight is 402 g/mol. The molecular weight excluding hydrogens is 376 g/mol. The van der Waals surface area contributed by atoms with Gasteiger partial charge in [-0.25, -0.2) is 4.98 Å². The number of nitro groups is 1. The van der Waals surface area contributed by atoms with Gasteiger partial charge in [0.25, 0.3) is 0 Å². The fourth-order valence-electron chi connectivity index (χ4n) is 4.20. The second kappa shape index (κ2) is 9.00. The number of rotatable bonds is 3. The van der Waals surface area contributed by atoms with Crippen LogP contribution >= 0.6 is 0 Å². The van der Waals surface area contributed by atoms with Crippen LogP contribution in [0.4, 0.5) is 17.2 Å². The standard InChI is InChI=1S/C24H26N4O2/c1-19-21(9-5-10-22(19)26-15-2-3-16-26)8-4-7-20-12-17-27(18-13-20)24-23(28(29)30)11-6-14-25-24/h5-7,9-11,14H,2-3,12-13,15-18H2,1H3. The number of hydrogen-bond acceptors (Lipinski definition) is 5. The maximum atomic E-state index is 11.2. The highest BCUT2D eigenvalue weighted by Gasteiger charge is 2.23. The molecular formula is C24H26N4O2. The number of hydrogen-bond donors (Lipinski definition) is 0. The summed E-state index contributed by atoms with van der Waals surface area (Å²) in [5, 5.41) is 11.2. The summed E-state index contributed by atoms with van der Waals surface area (Å²) in [5.41, 5.74) is 4.99. The average Bonchev–Trinajstić information content (AvgIpc) is 3.30. The van der Waals surface area contributed by atoms with E-state index in [2.05, 4.69) is 46.8 Å². The summed E-state index contributed by atoms with van der Waals surface area (Å²) >= 11 is 0. The molecule has 0 N–H and O–H groups in total. The molecule has 0 amide bonds. The van der Waals surface area contributed by atoms with Gasteiger partial charge in [-0.2, -0.15) is 0 Å². The summed E-state index contributed by atoms with van der Waals surface area (Å²) < 4.78 is 0. The molecule has 30 heavy (non-hydrogen) atoms. The third kappa shape index (κ3) is 4.30. The van der Waals surface area contributed by atoms with Crippen LogP contribution in [0.1, 0.15) is 36.8 Å². The van der Waals surface area contributed by atoms with Crippen molar-refractivity contribution >= 4 is 17.2 Å². The molecule has 4 rings (SSSR count). The highest BCUT2D eigenvalue weighted by atomic mass is 16.6. The molecule has 0 saturated carbocycles. The molecule has 2 aromatic rings. The minimum Gasteiger partial charge on any atom is -0.371 e. The van der Waals surface area contributed by atoms with Crippen LogP contribution in [0.5, 0.6) is 0 Å². The quantitative estimate of drug-likeness (QED) is 0.430. The maximum Gasteiger partial charge on any atom is 0.311 e. The molecule has 0 radical (unpaired) electrons. The van der Waals surface area contributed by atoms with E-state index in [4.69, 9.17) is 0 Å². The topological polar surface area (TPSA) is 62.5 Å². The molecule has 0 bridgehead atoms. The van der Waals surface area contributed by atoms with E-state index in [0.29, 0.717) is 5.82 Å². The Balaban J connectivity index is 1.43. The number of anilines is 2. The molecule has 6 nitrogen and oxygen atoms in total. The zero-order chi connectivity index (χ0) is 20.9. The molecule has 3 heterocycles. The number of pyridine rings is 1. The first-order valence-corrected chi connectivity index (χ1v) is 10.5. The lowest BCUT2D eigenvalue weighted by Crippen LogP contribution is -2.31. The number of aromatic nitrogens is 1. The predicted molar refractivity (Wildman–Crippen MR) is 120 cm³/mol. The second-order valence-electron chi connectivity index (χ2n) is 7.81. The van der Waals surface area contributed by atoms with E-state index in [0.717, 1.165) is 44.6 Å². The SMILES string of the molecule is Cc1c(C#CC=C2CCN(c3ncccc3[N+](=O)[O-])CC2)cccc1N1CCCC1. The summed E-state index contributed by atoms with van der Waals surface area (Å²) in [4.78, 5) is 19.6. The molecule has 1 aromatic carbocycles. The molecule has 0 spiro atoms. The van der Waals surface area contributed by atoms with Gasteiger partial charge in [0.15, 0.2) is 0 Å². The minimum absolute atomic E-state index is 0.0677. The van der Waals surface area contributed by atoms with E-state index in [1.165, 1.54) is 35.7 Å². The fraction of sp³-hybridized carbons (Fsp3) is 0.375. The molecule has 2 saturated heterocycles. The molecule has 1 aromatic heterocycles. The van der Waals surface area contributed by atoms with Crippen LogP contribution in [-0.4, -0.2) is 36.1 Å². The number of benzene rings is 1. The fourth-order valence-corrected chi connectivity index (χ4v) is 4.20. The Bertz CT molecular complexity index is 1020. The minimum atomic E-state index is -0.363. The Morgan fingerprint density at radius 2 is 1.83 bits per heavy atom. The molecule has 0 atom stereocenters. The lowest BCUT2D eigenvalue weighted by molar-refractivity contribution is -0.384. The molecule has 0 aliphatic carbocycles. The Kier molecular flexibility index (Phi) is 5.99. The van der Waals surface area contributed by atoms with Gasteiger partial charge in [-0.3, -0.25) is 10.1 Å². The summed E-state index contributed by atoms with van der Waals surface area (Å²) in [6, 6.07) is 9.49. The van der Waals surface area contributed by atoms with Gasteiger partial charge in [-0.05, 0) is 62.4 Å². The Morgan fingerprint density at radius 3 is 2.57 bits per heavy atom. The van der Waals surface area contributed by atoms with Gasteiger partial charge >= 0.3 is 5.69 Å². The van der Waals surface area contributed by atoms with Crippen molar-refractivity contribution in [1.82, 2.24) is 4.98 Å². The third-order valence-electron chi connectivity index (χ3n) is 5.90. The van der Waals surface area contributed by atoms with E-state index >= 15 is 0 Å². The van der Waals surface area contributed by atoms with Crippen molar-refractivity contribution in [2.75, 3.05) is 36.0 Å². The molecule has 2 aliphatic heterocycles. The van der Waals surface area contributed by atoms with E-state index in [-0.39, 0.29) is 10.6 Å². The first-order chi connectivity index (χ1) is 14.6. The van der Waals surface area contributed by atoms with E-state index in [9.17, 15) is 10.1 Å². The molecule has 154 valence electrons. The Morgan fingerprint density at radius 1 is 1.07 bits per heavy atom. The van der Waals surface area contributed by atoms with Gasteiger partial charge in [-0.1, -0.05) is 23.5 Å². The normalized spacial score (nSPS) is 16.2. The Labute approximate surface area is 177 Å². The van der Waals surface area contributed by atoms with Crippen molar-refractivity contribution in [1.29, 1.82) is 0 Å². The third-order valence-corrected chi connectivity index (χ3v) is 5.90. The van der Waals surface area contributed by atoms with Crippen LogP contribution in [0, 0.1) is 28.9 Å². The van der Waals surface area contributed by atoms with Crippen molar-refractivity contribution in [3.8, 4) is 11.8 Å². The van der Waals surface area contributed by atoms with Crippen LogP contribution in [-0.2, 0) is 0 Å². The molecule has 2 aliphatic rings. The van der Waals surface area contributed by atoms with E-state index < -0.39 is 0 Å². The van der Waals surface area contributed by atoms with Gasteiger partial charge in [0.05, 0.1) is 4.92 Å². The van der Waals surface area contributed by atoms with Crippen LogP contribution in [0.3, 0.4) is 0 Å². The lowest BCUT2D eigenvalue weighted by Gasteiger charge is -2.28. The van der Waals surface area contributed by atoms with Crippen molar-refractivity contribution in [2.45, 2.75) is 32.6 Å². The van der Waals surface area contributed by atoms with Crippen LogP contribution in [0.25, 0.3) is 0 Å². The largest absolute Gasteiger partial charge is 0.371 e. The van der Waals surface area contributed by atoms with Crippen LogP contribution in [0.15, 0.2) is 48.2 Å². The molecule has 2 fully saturated rings. The lowest BCUT2D eigenvalue weighted by atomic mass is 10.0. The monoisotopic (exact) mass is 402 g/mol. The van der Waals surface area contributed by atoms with Crippen molar-refractivity contribution in [2.24, 2.45) is 0 Å². The smallest absolute Gasteiger partial charge is 0.311 e. The second-order valence-corrected chi connectivity index (χ2v) is 7.81. The van der Waals surface area contributed by atoms with Gasteiger partial charge in [0, 0.05) is 49.7 Å². The first-order valence-electron chi connectivity index (χ1n) is 10.5.